The number of hydrogen-bond donors (Lipinski definition) is 1. The molecule has 1 N–H and O–H groups in total. The number of H-pyrrole nitrogens is 1. The third-order valence-corrected chi connectivity index (χ3v) is 3.75. The van der Waals surface area contributed by atoms with E-state index in [2.05, 4.69) is 10.1 Å². The van der Waals surface area contributed by atoms with E-state index in [1.165, 1.54) is 6.07 Å². The zero-order valence-corrected chi connectivity index (χ0v) is 11.8. The van der Waals surface area contributed by atoms with Gasteiger partial charge in [-0.3, -0.25) is 9.59 Å². The van der Waals surface area contributed by atoms with Crippen LogP contribution in [0.25, 0.3) is 0 Å². The van der Waals surface area contributed by atoms with Crippen LogP contribution in [0.5, 0.6) is 0 Å². The Morgan fingerprint density at radius 2 is 2.29 bits per heavy atom. The van der Waals surface area contributed by atoms with Gasteiger partial charge in [0, 0.05) is 18.7 Å². The second-order valence-corrected chi connectivity index (χ2v) is 5.30. The monoisotopic (exact) mass is 287 g/mol. The number of hydrogen-bond acceptors (Lipinski definition) is 4. The predicted molar refractivity (Wildman–Crippen MR) is 75.9 cm³/mol. The van der Waals surface area contributed by atoms with E-state index in [1.807, 2.05) is 13.0 Å². The van der Waals surface area contributed by atoms with E-state index in [0.29, 0.717) is 12.2 Å². The topological polar surface area (TPSA) is 79.2 Å². The first-order valence-corrected chi connectivity index (χ1v) is 7.08. The Morgan fingerprint density at radius 1 is 1.43 bits per heavy atom. The van der Waals surface area contributed by atoms with Crippen molar-refractivity contribution < 1.29 is 9.32 Å². The molecule has 3 heterocycles. The minimum atomic E-state index is -0.272. The molecule has 1 amide bonds. The van der Waals surface area contributed by atoms with Gasteiger partial charge in [-0.25, -0.2) is 0 Å². The van der Waals surface area contributed by atoms with Crippen molar-refractivity contribution in [3.63, 3.8) is 0 Å². The van der Waals surface area contributed by atoms with Crippen LogP contribution in [0.4, 0.5) is 0 Å². The number of likely N-dealkylation sites (tertiary alicyclic amines) is 1. The molecule has 21 heavy (non-hydrogen) atoms. The van der Waals surface area contributed by atoms with Gasteiger partial charge >= 0.3 is 0 Å². The Bertz CT molecular complexity index is 704. The summed E-state index contributed by atoms with van der Waals surface area (Å²) in [5.41, 5.74) is 0.820. The summed E-state index contributed by atoms with van der Waals surface area (Å²) in [6.07, 6.45) is 2.86. The highest BCUT2D eigenvalue weighted by atomic mass is 16.5. The maximum absolute atomic E-state index is 12.6. The number of nitrogens with zero attached hydrogens (tertiary/aromatic N) is 2. The number of pyridine rings is 1. The molecule has 110 valence electrons. The number of aromatic nitrogens is 2. The fourth-order valence-corrected chi connectivity index (χ4v) is 2.75. The molecule has 0 saturated carbocycles. The zero-order valence-electron chi connectivity index (χ0n) is 11.8. The van der Waals surface area contributed by atoms with E-state index < -0.39 is 0 Å². The molecule has 3 rings (SSSR count). The number of amides is 1. The molecule has 0 bridgehead atoms. The van der Waals surface area contributed by atoms with Crippen molar-refractivity contribution in [3.8, 4) is 0 Å². The first kappa shape index (κ1) is 13.6. The lowest BCUT2D eigenvalue weighted by Crippen LogP contribution is -2.39. The van der Waals surface area contributed by atoms with E-state index in [-0.39, 0.29) is 17.5 Å². The third kappa shape index (κ3) is 2.74. The van der Waals surface area contributed by atoms with Gasteiger partial charge in [-0.15, -0.1) is 0 Å². The second kappa shape index (κ2) is 5.55. The molecule has 1 saturated heterocycles. The van der Waals surface area contributed by atoms with E-state index >= 15 is 0 Å². The molecule has 0 spiro atoms. The van der Waals surface area contributed by atoms with Crippen molar-refractivity contribution in [2.45, 2.75) is 32.2 Å². The average Bonchev–Trinajstić information content (AvgIpc) is 2.93. The van der Waals surface area contributed by atoms with Crippen molar-refractivity contribution in [2.75, 3.05) is 6.54 Å². The molecule has 6 nitrogen and oxygen atoms in total. The Morgan fingerprint density at radius 3 is 3.00 bits per heavy atom. The molecule has 1 unspecified atom stereocenters. The first-order chi connectivity index (χ1) is 10.1. The Kier molecular flexibility index (Phi) is 3.60. The molecule has 0 radical (unpaired) electrons. The van der Waals surface area contributed by atoms with E-state index in [9.17, 15) is 9.59 Å². The standard InChI is InChI=1S/C15H17N3O3/c1-10-9-12(17-21-10)13-6-2-3-8-18(13)15(20)11-5-4-7-14(19)16-11/h4-5,7,9,13H,2-3,6,8H2,1H3,(H,16,19). The summed E-state index contributed by atoms with van der Waals surface area (Å²) in [5, 5.41) is 4.04. The molecule has 2 aromatic heterocycles. The van der Waals surface area contributed by atoms with Crippen molar-refractivity contribution >= 4 is 5.91 Å². The van der Waals surface area contributed by atoms with Crippen LogP contribution < -0.4 is 5.56 Å². The second-order valence-electron chi connectivity index (χ2n) is 5.30. The highest BCUT2D eigenvalue weighted by Gasteiger charge is 2.31. The van der Waals surface area contributed by atoms with Crippen LogP contribution in [0, 0.1) is 6.92 Å². The van der Waals surface area contributed by atoms with Gasteiger partial charge in [0.1, 0.15) is 17.1 Å². The van der Waals surface area contributed by atoms with Crippen molar-refractivity contribution in [1.82, 2.24) is 15.0 Å². The van der Waals surface area contributed by atoms with Crippen LogP contribution in [-0.2, 0) is 0 Å². The molecule has 6 heteroatoms. The van der Waals surface area contributed by atoms with Gasteiger partial charge in [0.25, 0.3) is 5.91 Å². The highest BCUT2D eigenvalue weighted by molar-refractivity contribution is 5.92. The van der Waals surface area contributed by atoms with Gasteiger partial charge < -0.3 is 14.4 Å². The largest absolute Gasteiger partial charge is 0.361 e. The molecule has 0 aliphatic carbocycles. The molecular formula is C15H17N3O3. The van der Waals surface area contributed by atoms with Crippen LogP contribution >= 0.6 is 0 Å². The summed E-state index contributed by atoms with van der Waals surface area (Å²) in [6.45, 7) is 2.49. The lowest BCUT2D eigenvalue weighted by atomic mass is 9.98. The third-order valence-electron chi connectivity index (χ3n) is 3.75. The summed E-state index contributed by atoms with van der Waals surface area (Å²) < 4.78 is 5.12. The molecule has 1 atom stereocenters. The number of nitrogens with one attached hydrogen (secondary N) is 1. The van der Waals surface area contributed by atoms with Gasteiger partial charge in [-0.05, 0) is 32.3 Å². The van der Waals surface area contributed by atoms with Crippen molar-refractivity contribution in [1.29, 1.82) is 0 Å². The zero-order chi connectivity index (χ0) is 14.8. The maximum Gasteiger partial charge on any atom is 0.270 e. The average molecular weight is 287 g/mol. The van der Waals surface area contributed by atoms with Crippen molar-refractivity contribution in [2.24, 2.45) is 0 Å². The van der Waals surface area contributed by atoms with Gasteiger partial charge in [0.05, 0.1) is 6.04 Å². The smallest absolute Gasteiger partial charge is 0.270 e. The van der Waals surface area contributed by atoms with E-state index in [1.54, 1.807) is 17.0 Å². The summed E-state index contributed by atoms with van der Waals surface area (Å²) >= 11 is 0. The molecule has 2 aromatic rings. The minimum Gasteiger partial charge on any atom is -0.361 e. The highest BCUT2D eigenvalue weighted by Crippen LogP contribution is 2.31. The molecule has 1 fully saturated rings. The summed E-state index contributed by atoms with van der Waals surface area (Å²) in [7, 11) is 0. The van der Waals surface area contributed by atoms with Crippen molar-refractivity contribution in [3.05, 3.63) is 51.8 Å². The quantitative estimate of drug-likeness (QED) is 0.916. The normalized spacial score (nSPS) is 18.7. The van der Waals surface area contributed by atoms with Crippen LogP contribution in [0.15, 0.2) is 33.6 Å². The van der Waals surface area contributed by atoms with Crippen LogP contribution in [-0.4, -0.2) is 27.5 Å². The Hall–Kier alpha value is -2.37. The summed E-state index contributed by atoms with van der Waals surface area (Å²) in [6, 6.07) is 6.39. The Balaban J connectivity index is 1.90. The predicted octanol–water partition coefficient (Wildman–Crippen LogP) is 2.04. The molecule has 1 aliphatic rings. The minimum absolute atomic E-state index is 0.0904. The maximum atomic E-state index is 12.6. The summed E-state index contributed by atoms with van der Waals surface area (Å²) in [5.74, 6) is 0.564. The number of aromatic amines is 1. The number of carbonyl (C=O) groups excluding carboxylic acids is 1. The van der Waals surface area contributed by atoms with E-state index in [4.69, 9.17) is 4.52 Å². The lowest BCUT2D eigenvalue weighted by molar-refractivity contribution is 0.0595. The first-order valence-electron chi connectivity index (χ1n) is 7.08. The number of piperidine rings is 1. The molecular weight excluding hydrogens is 270 g/mol. The van der Waals surface area contributed by atoms with Gasteiger partial charge in [-0.2, -0.15) is 0 Å². The molecule has 1 aliphatic heterocycles. The van der Waals surface area contributed by atoms with Crippen LogP contribution in [0.2, 0.25) is 0 Å². The number of rotatable bonds is 2. The van der Waals surface area contributed by atoms with E-state index in [0.717, 1.165) is 30.7 Å². The lowest BCUT2D eigenvalue weighted by Gasteiger charge is -2.34. The number of carbonyl (C=O) groups is 1. The Labute approximate surface area is 121 Å². The fourth-order valence-electron chi connectivity index (χ4n) is 2.75. The van der Waals surface area contributed by atoms with Crippen LogP contribution in [0.1, 0.15) is 47.2 Å². The van der Waals surface area contributed by atoms with Crippen LogP contribution in [0.3, 0.4) is 0 Å². The van der Waals surface area contributed by atoms with Gasteiger partial charge in [0.2, 0.25) is 5.56 Å². The SMILES string of the molecule is Cc1cc(C2CCCCN2C(=O)c2cccc(=O)[nH]2)no1. The summed E-state index contributed by atoms with van der Waals surface area (Å²) in [4.78, 5) is 28.4. The molecule has 0 aromatic carbocycles. The fraction of sp³-hybridized carbons (Fsp3) is 0.400. The number of aryl methyl sites for hydroxylation is 1. The van der Waals surface area contributed by atoms with Gasteiger partial charge in [-0.1, -0.05) is 11.2 Å². The van der Waals surface area contributed by atoms with Gasteiger partial charge in [0.15, 0.2) is 0 Å².